The van der Waals surface area contributed by atoms with Crippen molar-refractivity contribution in [3.05, 3.63) is 76.2 Å². The van der Waals surface area contributed by atoms with Gasteiger partial charge < -0.3 is 15.4 Å². The molecule has 2 aromatic carbocycles. The van der Waals surface area contributed by atoms with Crippen LogP contribution in [0, 0.1) is 27.7 Å². The van der Waals surface area contributed by atoms with Crippen LogP contribution in [0.1, 0.15) is 38.6 Å². The normalized spacial score (nSPS) is 10.5. The predicted molar refractivity (Wildman–Crippen MR) is 116 cm³/mol. The van der Waals surface area contributed by atoms with E-state index in [4.69, 9.17) is 4.74 Å². The van der Waals surface area contributed by atoms with E-state index in [1.807, 2.05) is 45.0 Å². The topological polar surface area (TPSA) is 76.1 Å². The first-order valence-electron chi connectivity index (χ1n) is 9.47. The maximum atomic E-state index is 12.8. The summed E-state index contributed by atoms with van der Waals surface area (Å²) in [6.45, 7) is 8.38. The third-order valence-electron chi connectivity index (χ3n) is 4.62. The highest BCUT2D eigenvalue weighted by Gasteiger charge is 2.14. The highest BCUT2D eigenvalue weighted by molar-refractivity contribution is 6.04. The lowest BCUT2D eigenvalue weighted by Crippen LogP contribution is -2.17. The summed E-state index contributed by atoms with van der Waals surface area (Å²) in [6, 6.07) is 13.6. The first kappa shape index (κ1) is 20.3. The fourth-order valence-corrected chi connectivity index (χ4v) is 3.27. The molecule has 0 aliphatic heterocycles. The Morgan fingerprint density at radius 1 is 0.966 bits per heavy atom. The van der Waals surface area contributed by atoms with Crippen LogP contribution in [0.15, 0.2) is 42.5 Å². The smallest absolute Gasteiger partial charge is 0.274 e. The van der Waals surface area contributed by atoms with Crippen molar-refractivity contribution in [1.82, 2.24) is 9.97 Å². The Bertz CT molecular complexity index is 1010. The van der Waals surface area contributed by atoms with E-state index in [1.165, 1.54) is 5.56 Å². The van der Waals surface area contributed by atoms with Crippen LogP contribution in [-0.4, -0.2) is 23.0 Å². The molecule has 0 saturated carbocycles. The molecule has 3 rings (SSSR count). The average molecular weight is 390 g/mol. The van der Waals surface area contributed by atoms with E-state index in [9.17, 15) is 4.79 Å². The van der Waals surface area contributed by atoms with Gasteiger partial charge in [0, 0.05) is 18.3 Å². The fourth-order valence-electron chi connectivity index (χ4n) is 3.27. The number of nitrogens with one attached hydrogen (secondary N) is 2. The van der Waals surface area contributed by atoms with Crippen molar-refractivity contribution in [2.45, 2.75) is 34.2 Å². The van der Waals surface area contributed by atoms with E-state index in [2.05, 4.69) is 32.7 Å². The summed E-state index contributed by atoms with van der Waals surface area (Å²) >= 11 is 0. The lowest BCUT2D eigenvalue weighted by molar-refractivity contribution is 0.102. The fraction of sp³-hybridized carbons (Fsp3) is 0.261. The molecule has 6 heteroatoms. The minimum absolute atomic E-state index is 0.252. The van der Waals surface area contributed by atoms with Gasteiger partial charge in [0.15, 0.2) is 0 Å². The summed E-state index contributed by atoms with van der Waals surface area (Å²) in [7, 11) is 1.64. The molecule has 1 amide bonds. The number of methoxy groups -OCH3 is 1. The van der Waals surface area contributed by atoms with Crippen LogP contribution >= 0.6 is 0 Å². The number of carbonyl (C=O) groups excluding carboxylic acids is 1. The van der Waals surface area contributed by atoms with Crippen molar-refractivity contribution in [3.8, 4) is 5.75 Å². The Hall–Kier alpha value is -3.41. The molecule has 0 saturated heterocycles. The number of rotatable bonds is 6. The van der Waals surface area contributed by atoms with Gasteiger partial charge in [-0.1, -0.05) is 29.8 Å². The molecule has 0 aliphatic carbocycles. The van der Waals surface area contributed by atoms with E-state index in [1.54, 1.807) is 20.1 Å². The molecule has 0 bridgehead atoms. The third-order valence-corrected chi connectivity index (χ3v) is 4.62. The monoisotopic (exact) mass is 390 g/mol. The van der Waals surface area contributed by atoms with E-state index >= 15 is 0 Å². The van der Waals surface area contributed by atoms with Crippen LogP contribution in [0.25, 0.3) is 0 Å². The van der Waals surface area contributed by atoms with E-state index < -0.39 is 0 Å². The van der Waals surface area contributed by atoms with Crippen LogP contribution in [0.4, 0.5) is 11.5 Å². The summed E-state index contributed by atoms with van der Waals surface area (Å²) in [5, 5.41) is 6.25. The predicted octanol–water partition coefficient (Wildman–Crippen LogP) is 4.58. The summed E-state index contributed by atoms with van der Waals surface area (Å²) in [6.07, 6.45) is 0. The molecule has 1 heterocycles. The van der Waals surface area contributed by atoms with Gasteiger partial charge >= 0.3 is 0 Å². The largest absolute Gasteiger partial charge is 0.497 e. The van der Waals surface area contributed by atoms with Gasteiger partial charge in [0.05, 0.1) is 7.11 Å². The molecular weight excluding hydrogens is 364 g/mol. The van der Waals surface area contributed by atoms with Gasteiger partial charge in [0.2, 0.25) is 0 Å². The number of aromatic nitrogens is 2. The number of hydrogen-bond acceptors (Lipinski definition) is 5. The van der Waals surface area contributed by atoms with Gasteiger partial charge in [-0.3, -0.25) is 4.79 Å². The highest BCUT2D eigenvalue weighted by atomic mass is 16.5. The lowest BCUT2D eigenvalue weighted by Gasteiger charge is -2.13. The van der Waals surface area contributed by atoms with E-state index in [0.717, 1.165) is 28.1 Å². The van der Waals surface area contributed by atoms with Crippen molar-refractivity contribution in [1.29, 1.82) is 0 Å². The number of carbonyl (C=O) groups is 1. The third kappa shape index (κ3) is 5.10. The Labute approximate surface area is 171 Å². The Kier molecular flexibility index (Phi) is 6.12. The van der Waals surface area contributed by atoms with E-state index in [0.29, 0.717) is 23.9 Å². The van der Waals surface area contributed by atoms with Crippen LogP contribution < -0.4 is 15.4 Å². The molecule has 3 aromatic rings. The van der Waals surface area contributed by atoms with Gasteiger partial charge in [0.1, 0.15) is 23.1 Å². The maximum absolute atomic E-state index is 12.8. The van der Waals surface area contributed by atoms with E-state index in [-0.39, 0.29) is 5.91 Å². The van der Waals surface area contributed by atoms with Gasteiger partial charge in [-0.25, -0.2) is 9.97 Å². The molecule has 1 aromatic heterocycles. The maximum Gasteiger partial charge on any atom is 0.274 e. The Morgan fingerprint density at radius 2 is 1.62 bits per heavy atom. The molecule has 0 atom stereocenters. The number of aryl methyl sites for hydroxylation is 4. The van der Waals surface area contributed by atoms with Gasteiger partial charge in [-0.2, -0.15) is 0 Å². The Morgan fingerprint density at radius 3 is 2.24 bits per heavy atom. The molecule has 0 unspecified atom stereocenters. The SMILES string of the molecule is COc1ccc(CNc2cc(C(=O)Nc3c(C)cc(C)cc3C)nc(C)n2)cc1. The van der Waals surface area contributed by atoms with Gasteiger partial charge in [0.25, 0.3) is 5.91 Å². The number of nitrogens with zero attached hydrogens (tertiary/aromatic N) is 2. The zero-order valence-electron chi connectivity index (χ0n) is 17.5. The number of hydrogen-bond donors (Lipinski definition) is 2. The van der Waals surface area contributed by atoms with Gasteiger partial charge in [-0.15, -0.1) is 0 Å². The second kappa shape index (κ2) is 8.73. The first-order valence-corrected chi connectivity index (χ1v) is 9.47. The summed E-state index contributed by atoms with van der Waals surface area (Å²) < 4.78 is 5.18. The number of anilines is 2. The van der Waals surface area contributed by atoms with Crippen LogP contribution in [0.5, 0.6) is 5.75 Å². The van der Waals surface area contributed by atoms with Crippen molar-refractivity contribution in [3.63, 3.8) is 0 Å². The summed E-state index contributed by atoms with van der Waals surface area (Å²) in [4.78, 5) is 21.5. The molecule has 0 spiro atoms. The summed E-state index contributed by atoms with van der Waals surface area (Å²) in [5.41, 5.74) is 5.46. The second-order valence-electron chi connectivity index (χ2n) is 7.12. The molecule has 150 valence electrons. The minimum atomic E-state index is -0.252. The molecule has 6 nitrogen and oxygen atoms in total. The van der Waals surface area contributed by atoms with Crippen LogP contribution in [-0.2, 0) is 6.54 Å². The van der Waals surface area contributed by atoms with Crippen molar-refractivity contribution >= 4 is 17.4 Å². The molecule has 0 radical (unpaired) electrons. The van der Waals surface area contributed by atoms with Crippen molar-refractivity contribution in [2.24, 2.45) is 0 Å². The molecule has 29 heavy (non-hydrogen) atoms. The number of benzene rings is 2. The van der Waals surface area contributed by atoms with Crippen LogP contribution in [0.3, 0.4) is 0 Å². The highest BCUT2D eigenvalue weighted by Crippen LogP contribution is 2.23. The number of amides is 1. The van der Waals surface area contributed by atoms with Crippen molar-refractivity contribution < 1.29 is 9.53 Å². The quantitative estimate of drug-likeness (QED) is 0.644. The molecular formula is C23H26N4O2. The summed E-state index contributed by atoms with van der Waals surface area (Å²) in [5.74, 6) is 1.70. The second-order valence-corrected chi connectivity index (χ2v) is 7.12. The molecule has 0 aliphatic rings. The van der Waals surface area contributed by atoms with Crippen LogP contribution in [0.2, 0.25) is 0 Å². The standard InChI is InChI=1S/C23H26N4O2/c1-14-10-15(2)22(16(3)11-14)27-23(28)20-12-21(26-17(4)25-20)24-13-18-6-8-19(29-5)9-7-18/h6-12H,13H2,1-5H3,(H,27,28)(H,24,25,26). The molecule has 0 fully saturated rings. The van der Waals surface area contributed by atoms with Gasteiger partial charge in [-0.05, 0) is 56.5 Å². The first-order chi connectivity index (χ1) is 13.9. The zero-order valence-corrected chi connectivity index (χ0v) is 17.5. The number of ether oxygens (including phenoxy) is 1. The van der Waals surface area contributed by atoms with Crippen molar-refractivity contribution in [2.75, 3.05) is 17.7 Å². The minimum Gasteiger partial charge on any atom is -0.497 e. The molecule has 2 N–H and O–H groups in total. The zero-order chi connectivity index (χ0) is 21.0. The lowest BCUT2D eigenvalue weighted by atomic mass is 10.0. The Balaban J connectivity index is 1.75. The average Bonchev–Trinajstić information content (AvgIpc) is 2.69.